The minimum atomic E-state index is -3.66. The maximum absolute atomic E-state index is 12.9. The fraction of sp³-hybridized carbons (Fsp3) is 0.381. The number of sulfonamides is 1. The topological polar surface area (TPSA) is 75.7 Å². The van der Waals surface area contributed by atoms with Crippen molar-refractivity contribution in [1.82, 2.24) is 5.32 Å². The highest BCUT2D eigenvalue weighted by Gasteiger charge is 2.32. The molecule has 1 N–H and O–H groups in total. The normalized spacial score (nSPS) is 12.3. The van der Waals surface area contributed by atoms with Crippen LogP contribution in [0.4, 0.5) is 5.69 Å². The van der Waals surface area contributed by atoms with Crippen molar-refractivity contribution < 1.29 is 17.9 Å². The minimum absolute atomic E-state index is 0.254. The Hall–Kier alpha value is -2.54. The zero-order chi connectivity index (χ0) is 20.9. The Kier molecular flexibility index (Phi) is 7.07. The number of nitrogens with one attached hydrogen (secondary N) is 1. The van der Waals surface area contributed by atoms with Gasteiger partial charge in [-0.25, -0.2) is 8.42 Å². The maximum Gasteiger partial charge on any atom is 0.244 e. The summed E-state index contributed by atoms with van der Waals surface area (Å²) in [7, 11) is -2.09. The first-order valence-electron chi connectivity index (χ1n) is 9.15. The van der Waals surface area contributed by atoms with Crippen LogP contribution in [0.25, 0.3) is 0 Å². The Morgan fingerprint density at radius 2 is 1.86 bits per heavy atom. The predicted octanol–water partition coefficient (Wildman–Crippen LogP) is 3.17. The highest BCUT2D eigenvalue weighted by atomic mass is 32.2. The van der Waals surface area contributed by atoms with Crippen LogP contribution >= 0.6 is 0 Å². The molecule has 7 heteroatoms. The van der Waals surface area contributed by atoms with Gasteiger partial charge in [0.1, 0.15) is 11.8 Å². The van der Waals surface area contributed by atoms with Gasteiger partial charge in [0.2, 0.25) is 15.9 Å². The molecular weight excluding hydrogens is 376 g/mol. The maximum atomic E-state index is 12.9. The van der Waals surface area contributed by atoms with Crippen LogP contribution in [0.2, 0.25) is 0 Å². The first-order valence-corrected chi connectivity index (χ1v) is 11.0. The number of benzene rings is 2. The third-order valence-electron chi connectivity index (χ3n) is 4.58. The van der Waals surface area contributed by atoms with E-state index >= 15 is 0 Å². The Balaban J connectivity index is 2.33. The molecule has 0 saturated carbocycles. The van der Waals surface area contributed by atoms with E-state index in [1.165, 1.54) is 4.31 Å². The summed E-state index contributed by atoms with van der Waals surface area (Å²) >= 11 is 0. The van der Waals surface area contributed by atoms with Crippen LogP contribution in [0.5, 0.6) is 5.75 Å². The van der Waals surface area contributed by atoms with Gasteiger partial charge in [-0.3, -0.25) is 9.10 Å². The number of rotatable bonds is 8. The number of aryl methyl sites for hydroxylation is 2. The lowest BCUT2D eigenvalue weighted by atomic mass is 10.1. The Labute approximate surface area is 167 Å². The fourth-order valence-electron chi connectivity index (χ4n) is 3.14. The van der Waals surface area contributed by atoms with Gasteiger partial charge in [-0.15, -0.1) is 0 Å². The molecule has 0 fully saturated rings. The first kappa shape index (κ1) is 21.8. The van der Waals surface area contributed by atoms with Crippen LogP contribution in [0, 0.1) is 13.8 Å². The molecule has 28 heavy (non-hydrogen) atoms. The van der Waals surface area contributed by atoms with Gasteiger partial charge in [0.05, 0.1) is 19.1 Å². The van der Waals surface area contributed by atoms with Gasteiger partial charge in [0.25, 0.3) is 0 Å². The molecule has 2 aromatic carbocycles. The lowest BCUT2D eigenvalue weighted by Gasteiger charge is -2.31. The van der Waals surface area contributed by atoms with Crippen LogP contribution in [0.3, 0.4) is 0 Å². The molecule has 0 aromatic heterocycles. The van der Waals surface area contributed by atoms with E-state index in [-0.39, 0.29) is 12.5 Å². The minimum Gasteiger partial charge on any atom is -0.496 e. The van der Waals surface area contributed by atoms with Crippen molar-refractivity contribution in [2.75, 3.05) is 17.7 Å². The van der Waals surface area contributed by atoms with Gasteiger partial charge < -0.3 is 10.1 Å². The van der Waals surface area contributed by atoms with E-state index in [9.17, 15) is 13.2 Å². The van der Waals surface area contributed by atoms with Crippen molar-refractivity contribution in [3.63, 3.8) is 0 Å². The zero-order valence-corrected chi connectivity index (χ0v) is 17.8. The summed E-state index contributed by atoms with van der Waals surface area (Å²) in [5, 5.41) is 2.86. The molecule has 0 aliphatic carbocycles. The number of hydrogen-bond donors (Lipinski definition) is 1. The molecule has 2 aromatic rings. The van der Waals surface area contributed by atoms with Gasteiger partial charge in [-0.1, -0.05) is 37.3 Å². The van der Waals surface area contributed by atoms with Gasteiger partial charge in [0, 0.05) is 12.1 Å². The number of hydrogen-bond acceptors (Lipinski definition) is 4. The number of nitrogens with zero attached hydrogens (tertiary/aromatic N) is 1. The molecule has 0 saturated heterocycles. The summed E-state index contributed by atoms with van der Waals surface area (Å²) < 4.78 is 31.7. The third-order valence-corrected chi connectivity index (χ3v) is 5.74. The molecule has 0 unspecified atom stereocenters. The van der Waals surface area contributed by atoms with Gasteiger partial charge in [0.15, 0.2) is 0 Å². The standard InChI is InChI=1S/C21H28N2O4S/c1-6-18(21(24)22-14-17-9-7-8-10-20(17)27-4)23(28(5,25)26)19-13-15(2)11-12-16(19)3/h7-13,18H,6,14H2,1-5H3,(H,22,24)/t18-/m0/s1. The zero-order valence-electron chi connectivity index (χ0n) is 17.0. The second-order valence-corrected chi connectivity index (χ2v) is 8.66. The van der Waals surface area contributed by atoms with E-state index in [4.69, 9.17) is 4.74 Å². The summed E-state index contributed by atoms with van der Waals surface area (Å²) in [4.78, 5) is 12.9. The largest absolute Gasteiger partial charge is 0.496 e. The SMILES string of the molecule is CC[C@@H](C(=O)NCc1ccccc1OC)N(c1cc(C)ccc1C)S(C)(=O)=O. The van der Waals surface area contributed by atoms with Crippen LogP contribution < -0.4 is 14.4 Å². The summed E-state index contributed by atoms with van der Waals surface area (Å²) in [6.45, 7) is 5.79. The summed E-state index contributed by atoms with van der Waals surface area (Å²) in [6.07, 6.45) is 1.48. The van der Waals surface area contributed by atoms with Gasteiger partial charge in [-0.2, -0.15) is 0 Å². The number of amides is 1. The van der Waals surface area contributed by atoms with E-state index in [0.29, 0.717) is 17.9 Å². The molecule has 1 atom stereocenters. The average Bonchev–Trinajstić information content (AvgIpc) is 2.65. The lowest BCUT2D eigenvalue weighted by Crippen LogP contribution is -2.49. The van der Waals surface area contributed by atoms with Crippen LogP contribution in [0.15, 0.2) is 42.5 Å². The number of methoxy groups -OCH3 is 1. The first-order chi connectivity index (χ1) is 13.2. The number of ether oxygens (including phenoxy) is 1. The quantitative estimate of drug-likeness (QED) is 0.733. The molecule has 0 aliphatic heterocycles. The predicted molar refractivity (Wildman–Crippen MR) is 112 cm³/mol. The molecule has 152 valence electrons. The molecule has 1 amide bonds. The van der Waals surface area contributed by atoms with Crippen LogP contribution in [0.1, 0.15) is 30.0 Å². The van der Waals surface area contributed by atoms with Crippen molar-refractivity contribution in [2.45, 2.75) is 39.8 Å². The summed E-state index contributed by atoms with van der Waals surface area (Å²) in [5.74, 6) is 0.324. The van der Waals surface area contributed by atoms with E-state index < -0.39 is 16.1 Å². The van der Waals surface area contributed by atoms with Crippen molar-refractivity contribution >= 4 is 21.6 Å². The third kappa shape index (κ3) is 5.04. The monoisotopic (exact) mass is 404 g/mol. The average molecular weight is 405 g/mol. The molecule has 0 bridgehead atoms. The Morgan fingerprint density at radius 3 is 2.46 bits per heavy atom. The molecule has 0 aliphatic rings. The summed E-state index contributed by atoms with van der Waals surface area (Å²) in [5.41, 5.74) is 3.08. The highest BCUT2D eigenvalue weighted by molar-refractivity contribution is 7.92. The molecule has 2 rings (SSSR count). The number of carbonyl (C=O) groups is 1. The van der Waals surface area contributed by atoms with Crippen molar-refractivity contribution in [3.05, 3.63) is 59.2 Å². The number of para-hydroxylation sites is 1. The molecule has 6 nitrogen and oxygen atoms in total. The fourth-order valence-corrected chi connectivity index (χ4v) is 4.40. The van der Waals surface area contributed by atoms with E-state index in [2.05, 4.69) is 5.32 Å². The van der Waals surface area contributed by atoms with Gasteiger partial charge >= 0.3 is 0 Å². The van der Waals surface area contributed by atoms with E-state index in [0.717, 1.165) is 22.9 Å². The summed E-state index contributed by atoms with van der Waals surface area (Å²) in [6, 6.07) is 12.1. The Morgan fingerprint density at radius 1 is 1.18 bits per heavy atom. The van der Waals surface area contributed by atoms with E-state index in [1.807, 2.05) is 50.2 Å². The second-order valence-electron chi connectivity index (χ2n) is 6.80. The number of carbonyl (C=O) groups excluding carboxylic acids is 1. The van der Waals surface area contributed by atoms with Crippen molar-refractivity contribution in [2.24, 2.45) is 0 Å². The van der Waals surface area contributed by atoms with Crippen LogP contribution in [-0.4, -0.2) is 33.7 Å². The second kappa shape index (κ2) is 9.10. The van der Waals surface area contributed by atoms with Crippen LogP contribution in [-0.2, 0) is 21.4 Å². The van der Waals surface area contributed by atoms with Gasteiger partial charge in [-0.05, 0) is 43.5 Å². The lowest BCUT2D eigenvalue weighted by molar-refractivity contribution is -0.122. The van der Waals surface area contributed by atoms with E-state index in [1.54, 1.807) is 20.1 Å². The number of anilines is 1. The molecular formula is C21H28N2O4S. The molecule has 0 radical (unpaired) electrons. The Bertz CT molecular complexity index is 941. The molecule has 0 spiro atoms. The van der Waals surface area contributed by atoms with Crippen molar-refractivity contribution in [3.8, 4) is 5.75 Å². The smallest absolute Gasteiger partial charge is 0.244 e. The highest BCUT2D eigenvalue weighted by Crippen LogP contribution is 2.27. The van der Waals surface area contributed by atoms with Crippen molar-refractivity contribution in [1.29, 1.82) is 0 Å². The molecule has 0 heterocycles.